The van der Waals surface area contributed by atoms with Crippen molar-refractivity contribution in [3.05, 3.63) is 118 Å². The highest BCUT2D eigenvalue weighted by Crippen LogP contribution is 2.25. The highest BCUT2D eigenvalue weighted by Gasteiger charge is 2.13. The van der Waals surface area contributed by atoms with Crippen LogP contribution < -0.4 is 10.6 Å². The fraction of sp³-hybridized carbons (Fsp3) is 0.107. The van der Waals surface area contributed by atoms with Gasteiger partial charge in [0, 0.05) is 28.6 Å². The molecule has 35 heavy (non-hydrogen) atoms. The van der Waals surface area contributed by atoms with Gasteiger partial charge in [0.1, 0.15) is 5.15 Å². The average molecular weight is 485 g/mol. The van der Waals surface area contributed by atoms with Gasteiger partial charge in [0.05, 0.1) is 12.2 Å². The smallest absolute Gasteiger partial charge is 0.255 e. The van der Waals surface area contributed by atoms with E-state index in [1.807, 2.05) is 62.4 Å². The Labute approximate surface area is 209 Å². The largest absolute Gasteiger partial charge is 0.322 e. The summed E-state index contributed by atoms with van der Waals surface area (Å²) in [6.45, 7) is 4.24. The summed E-state index contributed by atoms with van der Waals surface area (Å²) in [6.07, 6.45) is 3.09. The van der Waals surface area contributed by atoms with Gasteiger partial charge in [-0.15, -0.1) is 0 Å². The molecule has 4 rings (SSSR count). The van der Waals surface area contributed by atoms with Crippen LogP contribution in [0.4, 0.5) is 11.4 Å². The number of hydrogen-bond donors (Lipinski definition) is 2. The van der Waals surface area contributed by atoms with E-state index in [4.69, 9.17) is 11.6 Å². The van der Waals surface area contributed by atoms with Crippen molar-refractivity contribution in [1.82, 2.24) is 9.78 Å². The van der Waals surface area contributed by atoms with Gasteiger partial charge in [0.15, 0.2) is 0 Å². The SMILES string of the molecule is Cc1nn(Cc2ccccc2)c(Cl)c1/C=C/C(=O)Nc1cccc(NC(=O)c2ccccc2)c1C. The average Bonchev–Trinajstić information content (AvgIpc) is 3.13. The van der Waals surface area contributed by atoms with Crippen LogP contribution >= 0.6 is 11.6 Å². The molecule has 0 saturated heterocycles. The van der Waals surface area contributed by atoms with Gasteiger partial charge in [-0.1, -0.05) is 66.2 Å². The monoisotopic (exact) mass is 484 g/mol. The van der Waals surface area contributed by atoms with Crippen LogP contribution in [0.5, 0.6) is 0 Å². The lowest BCUT2D eigenvalue weighted by Crippen LogP contribution is -2.14. The van der Waals surface area contributed by atoms with Crippen LogP contribution in [0, 0.1) is 13.8 Å². The lowest BCUT2D eigenvalue weighted by molar-refractivity contribution is -0.111. The Balaban J connectivity index is 1.45. The number of anilines is 2. The quantitative estimate of drug-likeness (QED) is 0.311. The molecule has 0 fully saturated rings. The number of aromatic nitrogens is 2. The van der Waals surface area contributed by atoms with Crippen LogP contribution in [0.3, 0.4) is 0 Å². The van der Waals surface area contributed by atoms with Gasteiger partial charge in [0.2, 0.25) is 5.91 Å². The third-order valence-electron chi connectivity index (χ3n) is 5.56. The molecule has 4 aromatic rings. The first-order valence-electron chi connectivity index (χ1n) is 11.1. The number of nitrogens with one attached hydrogen (secondary N) is 2. The lowest BCUT2D eigenvalue weighted by atomic mass is 10.1. The number of carbonyl (C=O) groups excluding carboxylic acids is 2. The Hall–Kier alpha value is -4.16. The first kappa shape index (κ1) is 24.0. The Bertz CT molecular complexity index is 1380. The minimum Gasteiger partial charge on any atom is -0.322 e. The lowest BCUT2D eigenvalue weighted by Gasteiger charge is -2.13. The molecule has 0 saturated carbocycles. The number of hydrogen-bond acceptors (Lipinski definition) is 3. The van der Waals surface area contributed by atoms with Gasteiger partial charge in [-0.25, -0.2) is 4.68 Å². The molecule has 0 aliphatic carbocycles. The summed E-state index contributed by atoms with van der Waals surface area (Å²) in [5.74, 6) is -0.527. The number of amides is 2. The van der Waals surface area contributed by atoms with E-state index < -0.39 is 0 Å². The predicted molar refractivity (Wildman–Crippen MR) is 141 cm³/mol. The molecule has 2 amide bonds. The van der Waals surface area contributed by atoms with Gasteiger partial charge in [-0.05, 0) is 55.3 Å². The van der Waals surface area contributed by atoms with E-state index in [9.17, 15) is 9.59 Å². The van der Waals surface area contributed by atoms with Crippen molar-refractivity contribution in [3.8, 4) is 0 Å². The highest BCUT2D eigenvalue weighted by molar-refractivity contribution is 6.31. The van der Waals surface area contributed by atoms with Crippen LogP contribution in [0.15, 0.2) is 84.9 Å². The minimum absolute atomic E-state index is 0.213. The van der Waals surface area contributed by atoms with Crippen molar-refractivity contribution < 1.29 is 9.59 Å². The topological polar surface area (TPSA) is 76.0 Å². The van der Waals surface area contributed by atoms with Crippen molar-refractivity contribution in [1.29, 1.82) is 0 Å². The molecule has 0 bridgehead atoms. The molecule has 6 nitrogen and oxygen atoms in total. The molecular formula is C28H25ClN4O2. The summed E-state index contributed by atoms with van der Waals surface area (Å²) in [5.41, 5.74) is 5.05. The zero-order valence-electron chi connectivity index (χ0n) is 19.5. The summed E-state index contributed by atoms with van der Waals surface area (Å²) < 4.78 is 1.72. The second-order valence-electron chi connectivity index (χ2n) is 8.05. The molecule has 7 heteroatoms. The van der Waals surface area contributed by atoms with E-state index in [1.165, 1.54) is 6.08 Å². The molecule has 0 atom stereocenters. The summed E-state index contributed by atoms with van der Waals surface area (Å²) in [5, 5.41) is 10.7. The second kappa shape index (κ2) is 10.8. The Morgan fingerprint density at radius 1 is 0.886 bits per heavy atom. The number of benzene rings is 3. The molecule has 176 valence electrons. The molecule has 0 aliphatic rings. The zero-order valence-corrected chi connectivity index (χ0v) is 20.2. The van der Waals surface area contributed by atoms with Crippen molar-refractivity contribution >= 4 is 40.9 Å². The number of nitrogens with zero attached hydrogens (tertiary/aromatic N) is 2. The number of aryl methyl sites for hydroxylation is 1. The molecule has 1 heterocycles. The summed E-state index contributed by atoms with van der Waals surface area (Å²) in [6, 6.07) is 24.2. The van der Waals surface area contributed by atoms with Crippen LogP contribution in [-0.2, 0) is 11.3 Å². The molecule has 0 spiro atoms. The zero-order chi connectivity index (χ0) is 24.8. The van der Waals surface area contributed by atoms with Crippen molar-refractivity contribution in [2.75, 3.05) is 10.6 Å². The maximum Gasteiger partial charge on any atom is 0.255 e. The summed E-state index contributed by atoms with van der Waals surface area (Å²) in [7, 11) is 0. The van der Waals surface area contributed by atoms with E-state index in [-0.39, 0.29) is 11.8 Å². The summed E-state index contributed by atoms with van der Waals surface area (Å²) >= 11 is 6.55. The first-order valence-corrected chi connectivity index (χ1v) is 11.5. The molecule has 2 N–H and O–H groups in total. The van der Waals surface area contributed by atoms with Crippen LogP contribution in [0.2, 0.25) is 5.15 Å². The fourth-order valence-corrected chi connectivity index (χ4v) is 3.94. The van der Waals surface area contributed by atoms with Gasteiger partial charge in [0.25, 0.3) is 5.91 Å². The Morgan fingerprint density at radius 2 is 1.51 bits per heavy atom. The van der Waals surface area contributed by atoms with Crippen molar-refractivity contribution in [3.63, 3.8) is 0 Å². The number of rotatable bonds is 7. The molecule has 1 aromatic heterocycles. The van der Waals surface area contributed by atoms with Crippen LogP contribution in [0.1, 0.15) is 32.7 Å². The second-order valence-corrected chi connectivity index (χ2v) is 8.41. The van der Waals surface area contributed by atoms with E-state index in [2.05, 4.69) is 15.7 Å². The fourth-order valence-electron chi connectivity index (χ4n) is 3.64. The standard InChI is InChI=1S/C28H25ClN4O2/c1-19-24(14-9-15-25(19)31-28(35)22-12-7-4-8-13-22)30-26(34)17-16-23-20(2)32-33(27(23)29)18-21-10-5-3-6-11-21/h3-17H,18H2,1-2H3,(H,30,34)(H,31,35)/b17-16+. The van der Waals surface area contributed by atoms with Crippen molar-refractivity contribution in [2.45, 2.75) is 20.4 Å². The molecule has 0 unspecified atom stereocenters. The number of halogens is 1. The highest BCUT2D eigenvalue weighted by atomic mass is 35.5. The molecule has 3 aromatic carbocycles. The third-order valence-corrected chi connectivity index (χ3v) is 5.96. The molecule has 0 radical (unpaired) electrons. The van der Waals surface area contributed by atoms with Gasteiger partial charge in [-0.2, -0.15) is 5.10 Å². The van der Waals surface area contributed by atoms with Crippen molar-refractivity contribution in [2.24, 2.45) is 0 Å². The maximum absolute atomic E-state index is 12.7. The third kappa shape index (κ3) is 5.86. The minimum atomic E-state index is -0.314. The van der Waals surface area contributed by atoms with Gasteiger partial charge in [-0.3, -0.25) is 9.59 Å². The Kier molecular flexibility index (Phi) is 7.43. The maximum atomic E-state index is 12.7. The molecule has 0 aliphatic heterocycles. The van der Waals surface area contributed by atoms with E-state index in [0.717, 1.165) is 16.8 Å². The predicted octanol–water partition coefficient (Wildman–Crippen LogP) is 6.11. The van der Waals surface area contributed by atoms with Gasteiger partial charge >= 0.3 is 0 Å². The first-order chi connectivity index (χ1) is 16.9. The van der Waals surface area contributed by atoms with Crippen LogP contribution in [-0.4, -0.2) is 21.6 Å². The summed E-state index contributed by atoms with van der Waals surface area (Å²) in [4.78, 5) is 25.2. The van der Waals surface area contributed by atoms with Gasteiger partial charge < -0.3 is 10.6 Å². The number of carbonyl (C=O) groups is 2. The Morgan fingerprint density at radius 3 is 2.20 bits per heavy atom. The van der Waals surface area contributed by atoms with E-state index in [1.54, 1.807) is 41.1 Å². The van der Waals surface area contributed by atoms with E-state index >= 15 is 0 Å². The van der Waals surface area contributed by atoms with E-state index in [0.29, 0.717) is 34.2 Å². The normalized spacial score (nSPS) is 10.9. The molecular weight excluding hydrogens is 460 g/mol. The van der Waals surface area contributed by atoms with Crippen LogP contribution in [0.25, 0.3) is 6.08 Å².